The third-order valence-electron chi connectivity index (χ3n) is 5.50. The predicted molar refractivity (Wildman–Crippen MR) is 95.9 cm³/mol. The third-order valence-corrected chi connectivity index (χ3v) is 5.50. The van der Waals surface area contributed by atoms with Crippen molar-refractivity contribution in [3.05, 3.63) is 35.4 Å². The molecule has 2 aliphatic heterocycles. The van der Waals surface area contributed by atoms with Gasteiger partial charge in [-0.2, -0.15) is 0 Å². The Morgan fingerprint density at radius 1 is 1.24 bits per heavy atom. The van der Waals surface area contributed by atoms with E-state index in [1.165, 1.54) is 5.56 Å². The van der Waals surface area contributed by atoms with Gasteiger partial charge in [0.1, 0.15) is 0 Å². The molecule has 1 fully saturated rings. The minimum atomic E-state index is -0.400. The van der Waals surface area contributed by atoms with Gasteiger partial charge in [-0.1, -0.05) is 24.3 Å². The highest BCUT2D eigenvalue weighted by Crippen LogP contribution is 2.34. The Bertz CT molecular complexity index is 644. The van der Waals surface area contributed by atoms with Gasteiger partial charge in [-0.25, -0.2) is 0 Å². The van der Waals surface area contributed by atoms with Crippen molar-refractivity contribution in [3.63, 3.8) is 0 Å². The molecule has 2 amide bonds. The fourth-order valence-corrected chi connectivity index (χ4v) is 4.33. The van der Waals surface area contributed by atoms with Crippen LogP contribution < -0.4 is 0 Å². The summed E-state index contributed by atoms with van der Waals surface area (Å²) in [5.41, 5.74) is 2.34. The number of carbonyl (C=O) groups excluding carboxylic acids is 2. The zero-order valence-electron chi connectivity index (χ0n) is 15.1. The smallest absolute Gasteiger partial charge is 0.225 e. The molecule has 25 heavy (non-hydrogen) atoms. The van der Waals surface area contributed by atoms with Gasteiger partial charge in [0.05, 0.1) is 18.6 Å². The van der Waals surface area contributed by atoms with E-state index in [0.29, 0.717) is 19.4 Å². The number of nitrogens with zero attached hydrogens (tertiary/aromatic N) is 2. The van der Waals surface area contributed by atoms with Crippen LogP contribution in [-0.2, 0) is 16.0 Å². The molecule has 0 aliphatic carbocycles. The average Bonchev–Trinajstić information content (AvgIpc) is 3.02. The topological polar surface area (TPSA) is 60.9 Å². The SMILES string of the molecule is CC(=O)N1CCc2ccccc2C1CC(=O)N1CCCC1CC(C)O. The maximum absolute atomic E-state index is 13.0. The monoisotopic (exact) mass is 344 g/mol. The van der Waals surface area contributed by atoms with E-state index in [0.717, 1.165) is 31.4 Å². The van der Waals surface area contributed by atoms with E-state index in [-0.39, 0.29) is 23.9 Å². The van der Waals surface area contributed by atoms with Crippen molar-refractivity contribution in [2.45, 2.75) is 64.1 Å². The Morgan fingerprint density at radius 3 is 2.72 bits per heavy atom. The Kier molecular flexibility index (Phi) is 5.42. The molecule has 136 valence electrons. The molecule has 0 aromatic heterocycles. The van der Waals surface area contributed by atoms with E-state index >= 15 is 0 Å². The summed E-state index contributed by atoms with van der Waals surface area (Å²) in [6.07, 6.45) is 3.34. The van der Waals surface area contributed by atoms with E-state index in [9.17, 15) is 14.7 Å². The van der Waals surface area contributed by atoms with Crippen molar-refractivity contribution in [2.24, 2.45) is 0 Å². The lowest BCUT2D eigenvalue weighted by atomic mass is 9.90. The fourth-order valence-electron chi connectivity index (χ4n) is 4.33. The predicted octanol–water partition coefficient (Wildman–Crippen LogP) is 2.28. The molecule has 2 aliphatic rings. The number of likely N-dealkylation sites (tertiary alicyclic amines) is 1. The van der Waals surface area contributed by atoms with Crippen molar-refractivity contribution in [1.82, 2.24) is 9.80 Å². The number of benzene rings is 1. The number of hydrogen-bond acceptors (Lipinski definition) is 3. The quantitative estimate of drug-likeness (QED) is 0.912. The van der Waals surface area contributed by atoms with Crippen LogP contribution in [0.25, 0.3) is 0 Å². The highest BCUT2D eigenvalue weighted by molar-refractivity contribution is 5.80. The minimum Gasteiger partial charge on any atom is -0.393 e. The Labute approximate surface area is 149 Å². The molecule has 1 aromatic carbocycles. The number of aliphatic hydroxyl groups excluding tert-OH is 1. The first-order chi connectivity index (χ1) is 12.0. The van der Waals surface area contributed by atoms with Gasteiger partial charge in [-0.05, 0) is 43.7 Å². The summed E-state index contributed by atoms with van der Waals surface area (Å²) in [5, 5.41) is 9.69. The molecule has 0 spiro atoms. The molecule has 0 radical (unpaired) electrons. The first-order valence-electron chi connectivity index (χ1n) is 9.30. The van der Waals surface area contributed by atoms with Crippen LogP contribution in [0.1, 0.15) is 56.7 Å². The van der Waals surface area contributed by atoms with Crippen molar-refractivity contribution in [2.75, 3.05) is 13.1 Å². The van der Waals surface area contributed by atoms with Gasteiger partial charge in [0.15, 0.2) is 0 Å². The van der Waals surface area contributed by atoms with Crippen LogP contribution in [-0.4, -0.2) is 52.0 Å². The van der Waals surface area contributed by atoms with Gasteiger partial charge < -0.3 is 14.9 Å². The lowest BCUT2D eigenvalue weighted by molar-refractivity contribution is -0.137. The zero-order valence-corrected chi connectivity index (χ0v) is 15.1. The summed E-state index contributed by atoms with van der Waals surface area (Å²) in [6, 6.07) is 8.07. The van der Waals surface area contributed by atoms with E-state index in [1.54, 1.807) is 13.8 Å². The second-order valence-corrected chi connectivity index (χ2v) is 7.35. The number of carbonyl (C=O) groups is 2. The first-order valence-corrected chi connectivity index (χ1v) is 9.30. The van der Waals surface area contributed by atoms with E-state index < -0.39 is 6.10 Å². The summed E-state index contributed by atoms with van der Waals surface area (Å²) >= 11 is 0. The van der Waals surface area contributed by atoms with E-state index in [2.05, 4.69) is 6.07 Å². The molecule has 1 saturated heterocycles. The molecular weight excluding hydrogens is 316 g/mol. The van der Waals surface area contributed by atoms with E-state index in [1.807, 2.05) is 28.0 Å². The zero-order chi connectivity index (χ0) is 18.0. The second-order valence-electron chi connectivity index (χ2n) is 7.35. The Hall–Kier alpha value is -1.88. The van der Waals surface area contributed by atoms with Gasteiger partial charge in [-0.15, -0.1) is 0 Å². The van der Waals surface area contributed by atoms with Gasteiger partial charge in [0.25, 0.3) is 0 Å². The summed E-state index contributed by atoms with van der Waals surface area (Å²) in [6.45, 7) is 4.78. The molecule has 3 rings (SSSR count). The van der Waals surface area contributed by atoms with E-state index in [4.69, 9.17) is 0 Å². The summed E-state index contributed by atoms with van der Waals surface area (Å²) in [4.78, 5) is 28.8. The molecule has 3 unspecified atom stereocenters. The average molecular weight is 344 g/mol. The van der Waals surface area contributed by atoms with Crippen LogP contribution in [0.5, 0.6) is 0 Å². The highest BCUT2D eigenvalue weighted by atomic mass is 16.3. The highest BCUT2D eigenvalue weighted by Gasteiger charge is 2.35. The maximum Gasteiger partial charge on any atom is 0.225 e. The molecule has 0 saturated carbocycles. The summed E-state index contributed by atoms with van der Waals surface area (Å²) in [5.74, 6) is 0.116. The fraction of sp³-hybridized carbons (Fsp3) is 0.600. The van der Waals surface area contributed by atoms with Crippen molar-refractivity contribution in [1.29, 1.82) is 0 Å². The molecule has 1 aromatic rings. The van der Waals surface area contributed by atoms with Crippen molar-refractivity contribution >= 4 is 11.8 Å². The van der Waals surface area contributed by atoms with Gasteiger partial charge >= 0.3 is 0 Å². The molecule has 1 N–H and O–H groups in total. The van der Waals surface area contributed by atoms with Crippen LogP contribution in [0.15, 0.2) is 24.3 Å². The van der Waals surface area contributed by atoms with Crippen LogP contribution in [0.2, 0.25) is 0 Å². The van der Waals surface area contributed by atoms with Crippen LogP contribution in [0.4, 0.5) is 0 Å². The second kappa shape index (κ2) is 7.56. The van der Waals surface area contributed by atoms with Crippen LogP contribution in [0, 0.1) is 0 Å². The molecule has 5 heteroatoms. The minimum absolute atomic E-state index is 0.0225. The summed E-state index contributed by atoms with van der Waals surface area (Å²) in [7, 11) is 0. The molecule has 3 atom stereocenters. The number of rotatable bonds is 4. The first kappa shape index (κ1) is 17.9. The van der Waals surface area contributed by atoms with Crippen LogP contribution in [0.3, 0.4) is 0 Å². The standard InChI is InChI=1S/C20H28N2O3/c1-14(23)12-17-7-5-10-22(17)20(25)13-19-18-8-4-3-6-16(18)9-11-21(19)15(2)24/h3-4,6,8,14,17,19,23H,5,7,9-13H2,1-2H3. The molecular formula is C20H28N2O3. The van der Waals surface area contributed by atoms with Gasteiger partial charge in [0.2, 0.25) is 11.8 Å². The van der Waals surface area contributed by atoms with Crippen molar-refractivity contribution < 1.29 is 14.7 Å². The Balaban J connectivity index is 1.79. The maximum atomic E-state index is 13.0. The lowest BCUT2D eigenvalue weighted by Crippen LogP contribution is -2.43. The third kappa shape index (κ3) is 3.87. The van der Waals surface area contributed by atoms with Gasteiger partial charge in [-0.3, -0.25) is 9.59 Å². The van der Waals surface area contributed by atoms with Crippen molar-refractivity contribution in [3.8, 4) is 0 Å². The number of fused-ring (bicyclic) bond motifs is 1. The normalized spacial score (nSPS) is 24.1. The lowest BCUT2D eigenvalue weighted by Gasteiger charge is -2.38. The number of hydrogen-bond donors (Lipinski definition) is 1. The van der Waals surface area contributed by atoms with Gasteiger partial charge in [0, 0.05) is 26.1 Å². The molecule has 2 heterocycles. The summed E-state index contributed by atoms with van der Waals surface area (Å²) < 4.78 is 0. The number of amides is 2. The number of aliphatic hydroxyl groups is 1. The molecule has 5 nitrogen and oxygen atoms in total. The van der Waals surface area contributed by atoms with Crippen LogP contribution >= 0.6 is 0 Å². The molecule has 0 bridgehead atoms. The Morgan fingerprint density at radius 2 is 2.00 bits per heavy atom. The largest absolute Gasteiger partial charge is 0.393 e.